The predicted octanol–water partition coefficient (Wildman–Crippen LogP) is 2.90. The summed E-state index contributed by atoms with van der Waals surface area (Å²) in [6.45, 7) is 7.84. The number of ether oxygens (including phenoxy) is 1. The summed E-state index contributed by atoms with van der Waals surface area (Å²) in [5, 5.41) is 0. The predicted molar refractivity (Wildman–Crippen MR) is 79.2 cm³/mol. The number of hydrogen-bond acceptors (Lipinski definition) is 2. The van der Waals surface area contributed by atoms with Crippen LogP contribution >= 0.6 is 12.2 Å². The van der Waals surface area contributed by atoms with Gasteiger partial charge in [0.05, 0.1) is 18.2 Å². The Hall–Kier alpha value is -0.930. The Balaban J connectivity index is 1.86. The SMILES string of the molecule is Cc1ccc(CCC(=S)N2CCOCC2)cc1C. The molecule has 18 heavy (non-hydrogen) atoms. The Morgan fingerprint density at radius 2 is 1.94 bits per heavy atom. The van der Waals surface area contributed by atoms with Crippen LogP contribution in [0.25, 0.3) is 0 Å². The van der Waals surface area contributed by atoms with E-state index in [1.807, 2.05) is 0 Å². The fourth-order valence-corrected chi connectivity index (χ4v) is 2.47. The molecule has 0 bridgehead atoms. The topological polar surface area (TPSA) is 12.5 Å². The molecule has 0 saturated carbocycles. The monoisotopic (exact) mass is 263 g/mol. The molecule has 1 aliphatic heterocycles. The van der Waals surface area contributed by atoms with Gasteiger partial charge in [0.1, 0.15) is 0 Å². The van der Waals surface area contributed by atoms with Crippen molar-refractivity contribution in [2.75, 3.05) is 26.3 Å². The number of rotatable bonds is 3. The largest absolute Gasteiger partial charge is 0.378 e. The van der Waals surface area contributed by atoms with Crippen LogP contribution in [0, 0.1) is 13.8 Å². The van der Waals surface area contributed by atoms with Gasteiger partial charge in [-0.3, -0.25) is 0 Å². The Morgan fingerprint density at radius 1 is 1.22 bits per heavy atom. The molecule has 0 aromatic heterocycles. The van der Waals surface area contributed by atoms with E-state index in [0.717, 1.165) is 44.1 Å². The summed E-state index contributed by atoms with van der Waals surface area (Å²) in [4.78, 5) is 3.36. The second-order valence-electron chi connectivity index (χ2n) is 4.91. The molecule has 0 aliphatic carbocycles. The molecule has 98 valence electrons. The van der Waals surface area contributed by atoms with Crippen LogP contribution in [-0.4, -0.2) is 36.2 Å². The molecule has 3 heteroatoms. The molecular formula is C15H21NOS. The van der Waals surface area contributed by atoms with Crippen LogP contribution in [0.4, 0.5) is 0 Å². The highest BCUT2D eigenvalue weighted by molar-refractivity contribution is 7.80. The molecule has 1 saturated heterocycles. The van der Waals surface area contributed by atoms with Gasteiger partial charge in [0.2, 0.25) is 0 Å². The molecule has 1 heterocycles. The first-order chi connectivity index (χ1) is 8.66. The van der Waals surface area contributed by atoms with Gasteiger partial charge in [-0.2, -0.15) is 0 Å². The van der Waals surface area contributed by atoms with Crippen molar-refractivity contribution in [2.24, 2.45) is 0 Å². The minimum atomic E-state index is 0.809. The summed E-state index contributed by atoms with van der Waals surface area (Å²) in [6.07, 6.45) is 2.01. The fourth-order valence-electron chi connectivity index (χ4n) is 2.18. The van der Waals surface area contributed by atoms with Crippen LogP contribution in [-0.2, 0) is 11.2 Å². The van der Waals surface area contributed by atoms with E-state index in [9.17, 15) is 0 Å². The van der Waals surface area contributed by atoms with Gasteiger partial charge in [-0.25, -0.2) is 0 Å². The summed E-state index contributed by atoms with van der Waals surface area (Å²) >= 11 is 5.50. The van der Waals surface area contributed by atoms with Crippen molar-refractivity contribution in [3.63, 3.8) is 0 Å². The Labute approximate surface area is 115 Å². The van der Waals surface area contributed by atoms with Gasteiger partial charge in [-0.05, 0) is 37.0 Å². The van der Waals surface area contributed by atoms with E-state index in [4.69, 9.17) is 17.0 Å². The number of benzene rings is 1. The van der Waals surface area contributed by atoms with Gasteiger partial charge in [0, 0.05) is 19.5 Å². The lowest BCUT2D eigenvalue weighted by molar-refractivity contribution is 0.0683. The third kappa shape index (κ3) is 3.53. The average molecular weight is 263 g/mol. The molecule has 2 rings (SSSR count). The van der Waals surface area contributed by atoms with Crippen molar-refractivity contribution in [3.8, 4) is 0 Å². The van der Waals surface area contributed by atoms with Crippen molar-refractivity contribution in [1.82, 2.24) is 4.90 Å². The molecule has 0 amide bonds. The first kappa shape index (κ1) is 13.5. The van der Waals surface area contributed by atoms with E-state index in [0.29, 0.717) is 0 Å². The Morgan fingerprint density at radius 3 is 2.61 bits per heavy atom. The molecule has 2 nitrogen and oxygen atoms in total. The third-order valence-corrected chi connectivity index (χ3v) is 4.02. The molecule has 0 radical (unpaired) electrons. The summed E-state index contributed by atoms with van der Waals surface area (Å²) < 4.78 is 5.34. The Kier molecular flexibility index (Phi) is 4.72. The maximum absolute atomic E-state index is 5.50. The minimum Gasteiger partial charge on any atom is -0.378 e. The van der Waals surface area contributed by atoms with E-state index >= 15 is 0 Å². The molecule has 1 aliphatic rings. The zero-order valence-corrected chi connectivity index (χ0v) is 12.1. The van der Waals surface area contributed by atoms with Crippen LogP contribution in [0.3, 0.4) is 0 Å². The van der Waals surface area contributed by atoms with Crippen molar-refractivity contribution >= 4 is 17.2 Å². The number of morpholine rings is 1. The number of nitrogens with zero attached hydrogens (tertiary/aromatic N) is 1. The van der Waals surface area contributed by atoms with Gasteiger partial charge < -0.3 is 9.64 Å². The highest BCUT2D eigenvalue weighted by Gasteiger charge is 2.13. The minimum absolute atomic E-state index is 0.809. The van der Waals surface area contributed by atoms with Crippen molar-refractivity contribution in [3.05, 3.63) is 34.9 Å². The molecule has 1 fully saturated rings. The Bertz CT molecular complexity index is 425. The number of thiocarbonyl (C=S) groups is 1. The van der Waals surface area contributed by atoms with E-state index in [2.05, 4.69) is 36.9 Å². The van der Waals surface area contributed by atoms with E-state index in [1.54, 1.807) is 0 Å². The second-order valence-corrected chi connectivity index (χ2v) is 5.38. The lowest BCUT2D eigenvalue weighted by Crippen LogP contribution is -2.39. The van der Waals surface area contributed by atoms with Crippen LogP contribution in [0.2, 0.25) is 0 Å². The smallest absolute Gasteiger partial charge is 0.0784 e. The first-order valence-electron chi connectivity index (χ1n) is 6.58. The zero-order chi connectivity index (χ0) is 13.0. The van der Waals surface area contributed by atoms with Crippen molar-refractivity contribution < 1.29 is 4.74 Å². The van der Waals surface area contributed by atoms with E-state index in [1.165, 1.54) is 16.7 Å². The third-order valence-electron chi connectivity index (χ3n) is 3.56. The summed E-state index contributed by atoms with van der Waals surface area (Å²) in [5.41, 5.74) is 4.10. The van der Waals surface area contributed by atoms with Gasteiger partial charge >= 0.3 is 0 Å². The molecular weight excluding hydrogens is 242 g/mol. The van der Waals surface area contributed by atoms with E-state index < -0.39 is 0 Å². The molecule has 0 N–H and O–H groups in total. The normalized spacial score (nSPS) is 15.8. The lowest BCUT2D eigenvalue weighted by atomic mass is 10.0. The van der Waals surface area contributed by atoms with Crippen molar-refractivity contribution in [2.45, 2.75) is 26.7 Å². The van der Waals surface area contributed by atoms with Gasteiger partial charge in [0.15, 0.2) is 0 Å². The molecule has 1 aromatic rings. The average Bonchev–Trinajstić information content (AvgIpc) is 2.41. The number of hydrogen-bond donors (Lipinski definition) is 0. The lowest BCUT2D eigenvalue weighted by Gasteiger charge is -2.29. The summed E-state index contributed by atoms with van der Waals surface area (Å²) in [6, 6.07) is 6.68. The van der Waals surface area contributed by atoms with E-state index in [-0.39, 0.29) is 0 Å². The molecule has 0 unspecified atom stereocenters. The number of aryl methyl sites for hydroxylation is 3. The molecule has 1 aromatic carbocycles. The maximum atomic E-state index is 5.50. The fraction of sp³-hybridized carbons (Fsp3) is 0.533. The van der Waals surface area contributed by atoms with Crippen LogP contribution < -0.4 is 0 Å². The zero-order valence-electron chi connectivity index (χ0n) is 11.2. The quantitative estimate of drug-likeness (QED) is 0.778. The van der Waals surface area contributed by atoms with Crippen LogP contribution in [0.1, 0.15) is 23.1 Å². The van der Waals surface area contributed by atoms with Gasteiger partial charge in [-0.1, -0.05) is 30.4 Å². The van der Waals surface area contributed by atoms with Crippen LogP contribution in [0.15, 0.2) is 18.2 Å². The summed E-state index contributed by atoms with van der Waals surface area (Å²) in [7, 11) is 0. The highest BCUT2D eigenvalue weighted by Crippen LogP contribution is 2.13. The van der Waals surface area contributed by atoms with Gasteiger partial charge in [-0.15, -0.1) is 0 Å². The first-order valence-corrected chi connectivity index (χ1v) is 6.99. The maximum Gasteiger partial charge on any atom is 0.0784 e. The standard InChI is InChI=1S/C15H21NOS/c1-12-3-4-14(11-13(12)2)5-6-15(18)16-7-9-17-10-8-16/h3-4,11H,5-10H2,1-2H3. The molecule has 0 atom stereocenters. The van der Waals surface area contributed by atoms with Crippen molar-refractivity contribution in [1.29, 1.82) is 0 Å². The van der Waals surface area contributed by atoms with Gasteiger partial charge in [0.25, 0.3) is 0 Å². The highest BCUT2D eigenvalue weighted by atomic mass is 32.1. The van der Waals surface area contributed by atoms with Crippen LogP contribution in [0.5, 0.6) is 0 Å². The molecule has 0 spiro atoms. The second kappa shape index (κ2) is 6.30. The summed E-state index contributed by atoms with van der Waals surface area (Å²) in [5.74, 6) is 0.